The van der Waals surface area contributed by atoms with Crippen LogP contribution in [0.15, 0.2) is 12.1 Å². The number of carbonyl (C=O) groups is 1. The summed E-state index contributed by atoms with van der Waals surface area (Å²) < 4.78 is 5.28. The van der Waals surface area contributed by atoms with Gasteiger partial charge in [-0.05, 0) is 37.3 Å². The number of phenols is 1. The maximum atomic E-state index is 11.3. The Kier molecular flexibility index (Phi) is 5.80. The Morgan fingerprint density at radius 1 is 1.40 bits per heavy atom. The van der Waals surface area contributed by atoms with Crippen LogP contribution in [-0.4, -0.2) is 29.4 Å². The molecule has 2 rings (SSSR count). The fraction of sp³-hybridized carbons (Fsp3) is 0.500. The van der Waals surface area contributed by atoms with Gasteiger partial charge in [-0.2, -0.15) is 0 Å². The summed E-state index contributed by atoms with van der Waals surface area (Å²) in [5, 5.41) is 19.4. The van der Waals surface area contributed by atoms with E-state index in [1.165, 1.54) is 6.07 Å². The number of aryl methyl sites for hydroxylation is 1. The fourth-order valence-electron chi connectivity index (χ4n) is 2.55. The Morgan fingerprint density at radius 2 is 2.00 bits per heavy atom. The van der Waals surface area contributed by atoms with E-state index in [2.05, 4.69) is 0 Å². The topological polar surface area (TPSA) is 92.8 Å². The van der Waals surface area contributed by atoms with Crippen LogP contribution >= 0.6 is 12.4 Å². The van der Waals surface area contributed by atoms with Crippen LogP contribution in [-0.2, 0) is 4.74 Å². The molecule has 0 aromatic heterocycles. The highest BCUT2D eigenvalue weighted by molar-refractivity contribution is 5.90. The zero-order valence-electron chi connectivity index (χ0n) is 11.3. The van der Waals surface area contributed by atoms with Crippen molar-refractivity contribution in [2.45, 2.75) is 25.8 Å². The molecule has 0 unspecified atom stereocenters. The van der Waals surface area contributed by atoms with Gasteiger partial charge in [0.15, 0.2) is 0 Å². The molecule has 1 heterocycles. The van der Waals surface area contributed by atoms with Crippen LogP contribution in [0, 0.1) is 12.8 Å². The van der Waals surface area contributed by atoms with Gasteiger partial charge in [0, 0.05) is 24.8 Å². The molecular weight excluding hydrogens is 282 g/mol. The lowest BCUT2D eigenvalue weighted by atomic mass is 9.84. The van der Waals surface area contributed by atoms with Gasteiger partial charge in [0.05, 0.1) is 5.56 Å². The predicted octanol–water partition coefficient (Wildman–Crippen LogP) is 2.25. The molecule has 1 aliphatic heterocycles. The van der Waals surface area contributed by atoms with Crippen molar-refractivity contribution in [3.05, 3.63) is 28.8 Å². The van der Waals surface area contributed by atoms with Gasteiger partial charge in [-0.25, -0.2) is 4.79 Å². The van der Waals surface area contributed by atoms with Crippen molar-refractivity contribution < 1.29 is 19.7 Å². The highest BCUT2D eigenvalue weighted by Gasteiger charge is 2.28. The van der Waals surface area contributed by atoms with E-state index < -0.39 is 12.0 Å². The molecule has 1 aromatic carbocycles. The van der Waals surface area contributed by atoms with Gasteiger partial charge >= 0.3 is 5.97 Å². The number of halogens is 1. The Balaban J connectivity index is 0.00000200. The van der Waals surface area contributed by atoms with Gasteiger partial charge in [-0.15, -0.1) is 12.4 Å². The first-order chi connectivity index (χ1) is 9.02. The standard InChI is InChI=1S/C14H19NO4.ClH/c1-8-2-3-10(14(17)18)11(13(8)16)12(15)9-4-6-19-7-5-9;/h2-3,9,12,16H,4-7,15H2,1H3,(H,17,18);1H/t12-;/m1./s1. The molecule has 1 fully saturated rings. The molecule has 0 spiro atoms. The van der Waals surface area contributed by atoms with E-state index in [9.17, 15) is 15.0 Å². The minimum atomic E-state index is -1.06. The molecule has 4 N–H and O–H groups in total. The monoisotopic (exact) mass is 301 g/mol. The molecule has 112 valence electrons. The second-order valence-corrected chi connectivity index (χ2v) is 4.97. The molecule has 1 aromatic rings. The second kappa shape index (κ2) is 6.92. The summed E-state index contributed by atoms with van der Waals surface area (Å²) >= 11 is 0. The lowest BCUT2D eigenvalue weighted by molar-refractivity contribution is 0.0575. The summed E-state index contributed by atoms with van der Waals surface area (Å²) in [4.78, 5) is 11.3. The molecule has 0 bridgehead atoms. The second-order valence-electron chi connectivity index (χ2n) is 4.97. The van der Waals surface area contributed by atoms with Gasteiger partial charge in [0.2, 0.25) is 0 Å². The lowest BCUT2D eigenvalue weighted by Crippen LogP contribution is -2.29. The lowest BCUT2D eigenvalue weighted by Gasteiger charge is -2.29. The van der Waals surface area contributed by atoms with Crippen molar-refractivity contribution in [3.63, 3.8) is 0 Å². The normalized spacial score (nSPS) is 17.3. The SMILES string of the molecule is Cc1ccc(C(=O)O)c([C@H](N)C2CCOCC2)c1O.Cl. The largest absolute Gasteiger partial charge is 0.507 e. The number of rotatable bonds is 3. The maximum Gasteiger partial charge on any atom is 0.336 e. The van der Waals surface area contributed by atoms with Crippen molar-refractivity contribution in [2.75, 3.05) is 13.2 Å². The van der Waals surface area contributed by atoms with Gasteiger partial charge < -0.3 is 20.7 Å². The number of phenolic OH excluding ortho intramolecular Hbond substituents is 1. The van der Waals surface area contributed by atoms with E-state index in [0.29, 0.717) is 24.3 Å². The average Bonchev–Trinajstić information content (AvgIpc) is 2.41. The van der Waals surface area contributed by atoms with E-state index in [1.807, 2.05) is 0 Å². The molecule has 1 saturated heterocycles. The third-order valence-electron chi connectivity index (χ3n) is 3.76. The minimum absolute atomic E-state index is 0. The summed E-state index contributed by atoms with van der Waals surface area (Å²) in [6, 6.07) is 2.63. The molecule has 1 atom stereocenters. The van der Waals surface area contributed by atoms with Gasteiger partial charge in [0.1, 0.15) is 5.75 Å². The summed E-state index contributed by atoms with van der Waals surface area (Å²) in [5.74, 6) is -0.925. The van der Waals surface area contributed by atoms with E-state index in [4.69, 9.17) is 10.5 Å². The van der Waals surface area contributed by atoms with Crippen molar-refractivity contribution in [1.82, 2.24) is 0 Å². The molecule has 1 aliphatic rings. The van der Waals surface area contributed by atoms with E-state index in [0.717, 1.165) is 12.8 Å². The molecule has 5 nitrogen and oxygen atoms in total. The maximum absolute atomic E-state index is 11.3. The predicted molar refractivity (Wildman–Crippen MR) is 77.5 cm³/mol. The number of hydrogen-bond donors (Lipinski definition) is 3. The first kappa shape index (κ1) is 16.8. The van der Waals surface area contributed by atoms with Crippen LogP contribution in [0.4, 0.5) is 0 Å². The zero-order valence-corrected chi connectivity index (χ0v) is 12.2. The van der Waals surface area contributed by atoms with Crippen LogP contribution in [0.2, 0.25) is 0 Å². The number of carboxylic acid groups (broad SMARTS) is 1. The Bertz CT molecular complexity index is 486. The van der Waals surface area contributed by atoms with Crippen LogP contribution in [0.5, 0.6) is 5.75 Å². The summed E-state index contributed by atoms with van der Waals surface area (Å²) in [7, 11) is 0. The highest BCUT2D eigenvalue weighted by atomic mass is 35.5. The van der Waals surface area contributed by atoms with E-state index in [-0.39, 0.29) is 29.6 Å². The highest BCUT2D eigenvalue weighted by Crippen LogP contribution is 2.36. The number of aromatic hydroxyl groups is 1. The molecule has 6 heteroatoms. The minimum Gasteiger partial charge on any atom is -0.507 e. The number of ether oxygens (including phenoxy) is 1. The van der Waals surface area contributed by atoms with Crippen LogP contribution in [0.1, 0.15) is 40.4 Å². The number of nitrogens with two attached hydrogens (primary N) is 1. The Hall–Kier alpha value is -1.30. The molecular formula is C14H20ClNO4. The number of aromatic carboxylic acids is 1. The Labute approximate surface area is 124 Å². The van der Waals surface area contributed by atoms with E-state index >= 15 is 0 Å². The van der Waals surface area contributed by atoms with Crippen LogP contribution in [0.3, 0.4) is 0 Å². The molecule has 0 aliphatic carbocycles. The Morgan fingerprint density at radius 3 is 2.55 bits per heavy atom. The molecule has 0 amide bonds. The van der Waals surface area contributed by atoms with Crippen molar-refractivity contribution in [1.29, 1.82) is 0 Å². The molecule has 0 radical (unpaired) electrons. The molecule has 20 heavy (non-hydrogen) atoms. The summed E-state index contributed by atoms with van der Waals surface area (Å²) in [6.45, 7) is 3.00. The van der Waals surface area contributed by atoms with Crippen LogP contribution in [0.25, 0.3) is 0 Å². The zero-order chi connectivity index (χ0) is 14.0. The van der Waals surface area contributed by atoms with Gasteiger partial charge in [-0.1, -0.05) is 6.07 Å². The fourth-order valence-corrected chi connectivity index (χ4v) is 2.55. The van der Waals surface area contributed by atoms with Gasteiger partial charge in [0.25, 0.3) is 0 Å². The molecule has 0 saturated carbocycles. The summed E-state index contributed by atoms with van der Waals surface area (Å²) in [5.41, 5.74) is 7.27. The first-order valence-electron chi connectivity index (χ1n) is 6.41. The number of hydrogen-bond acceptors (Lipinski definition) is 4. The smallest absolute Gasteiger partial charge is 0.336 e. The number of carboxylic acids is 1. The third-order valence-corrected chi connectivity index (χ3v) is 3.76. The summed E-state index contributed by atoms with van der Waals surface area (Å²) in [6.07, 6.45) is 1.57. The van der Waals surface area contributed by atoms with Crippen molar-refractivity contribution in [2.24, 2.45) is 11.7 Å². The van der Waals surface area contributed by atoms with Crippen LogP contribution < -0.4 is 5.73 Å². The quantitative estimate of drug-likeness (QED) is 0.796. The number of benzene rings is 1. The van der Waals surface area contributed by atoms with Crippen molar-refractivity contribution >= 4 is 18.4 Å². The first-order valence-corrected chi connectivity index (χ1v) is 6.41. The average molecular weight is 302 g/mol. The van der Waals surface area contributed by atoms with Gasteiger partial charge in [-0.3, -0.25) is 0 Å². The van der Waals surface area contributed by atoms with E-state index in [1.54, 1.807) is 13.0 Å². The van der Waals surface area contributed by atoms with Crippen molar-refractivity contribution in [3.8, 4) is 5.75 Å². The third kappa shape index (κ3) is 3.23.